The number of rotatable bonds is 3. The first-order chi connectivity index (χ1) is 10.1. The van der Waals surface area contributed by atoms with Crippen molar-refractivity contribution in [1.29, 1.82) is 0 Å². The number of hydrogen-bond acceptors (Lipinski definition) is 4. The van der Waals surface area contributed by atoms with Crippen LogP contribution in [-0.4, -0.2) is 50.3 Å². The summed E-state index contributed by atoms with van der Waals surface area (Å²) in [4.78, 5) is 4.95. The van der Waals surface area contributed by atoms with Gasteiger partial charge in [-0.1, -0.05) is 17.7 Å². The molecule has 0 aromatic heterocycles. The van der Waals surface area contributed by atoms with E-state index >= 15 is 0 Å². The van der Waals surface area contributed by atoms with E-state index in [1.165, 1.54) is 6.42 Å². The van der Waals surface area contributed by atoms with Crippen molar-refractivity contribution in [2.24, 2.45) is 5.73 Å². The summed E-state index contributed by atoms with van der Waals surface area (Å²) in [6.07, 6.45) is 1.20. The van der Waals surface area contributed by atoms with Gasteiger partial charge in [0.25, 0.3) is 0 Å². The summed E-state index contributed by atoms with van der Waals surface area (Å²) in [5.41, 5.74) is 8.14. The quantitative estimate of drug-likeness (QED) is 0.930. The minimum absolute atomic E-state index is 0.0243. The lowest BCUT2D eigenvalue weighted by molar-refractivity contribution is 0.0209. The summed E-state index contributed by atoms with van der Waals surface area (Å²) < 4.78 is 5.44. The molecule has 21 heavy (non-hydrogen) atoms. The topological polar surface area (TPSA) is 41.7 Å². The standard InChI is InChI=1S/C16H24ClN3O/c1-12(18)13-2-3-16(15(17)10-13)20-5-4-14(11-20)19-6-8-21-9-7-19/h2-3,10,12,14H,4-9,11,18H2,1H3/t12-,14?/m1/s1. The second kappa shape index (κ2) is 6.53. The Bertz CT molecular complexity index is 488. The molecule has 0 amide bonds. The highest BCUT2D eigenvalue weighted by Crippen LogP contribution is 2.32. The molecular formula is C16H24ClN3O. The summed E-state index contributed by atoms with van der Waals surface area (Å²) >= 11 is 6.46. The molecule has 2 N–H and O–H groups in total. The molecule has 2 aliphatic heterocycles. The van der Waals surface area contributed by atoms with Crippen LogP contribution in [0.3, 0.4) is 0 Å². The molecule has 0 spiro atoms. The fourth-order valence-electron chi connectivity index (χ4n) is 3.26. The molecule has 5 heteroatoms. The van der Waals surface area contributed by atoms with E-state index in [-0.39, 0.29) is 6.04 Å². The average molecular weight is 310 g/mol. The van der Waals surface area contributed by atoms with E-state index in [0.717, 1.165) is 55.7 Å². The third-order valence-corrected chi connectivity index (χ3v) is 4.87. The van der Waals surface area contributed by atoms with Crippen LogP contribution < -0.4 is 10.6 Å². The number of hydrogen-bond donors (Lipinski definition) is 1. The molecule has 1 aromatic rings. The van der Waals surface area contributed by atoms with Gasteiger partial charge in [0, 0.05) is 38.3 Å². The monoisotopic (exact) mass is 309 g/mol. The predicted molar refractivity (Wildman–Crippen MR) is 87.1 cm³/mol. The lowest BCUT2D eigenvalue weighted by Gasteiger charge is -2.32. The molecule has 0 saturated carbocycles. The summed E-state index contributed by atoms with van der Waals surface area (Å²) in [6.45, 7) is 7.93. The SMILES string of the molecule is C[C@@H](N)c1ccc(N2CCC(N3CCOCC3)C2)c(Cl)c1. The van der Waals surface area contributed by atoms with Gasteiger partial charge in [-0.05, 0) is 31.0 Å². The fraction of sp³-hybridized carbons (Fsp3) is 0.625. The van der Waals surface area contributed by atoms with Gasteiger partial charge in [-0.2, -0.15) is 0 Å². The third-order valence-electron chi connectivity index (χ3n) is 4.56. The van der Waals surface area contributed by atoms with E-state index in [9.17, 15) is 0 Å². The highest BCUT2D eigenvalue weighted by Gasteiger charge is 2.29. The normalized spacial score (nSPS) is 25.3. The van der Waals surface area contributed by atoms with E-state index in [1.807, 2.05) is 13.0 Å². The van der Waals surface area contributed by atoms with Crippen molar-refractivity contribution in [3.63, 3.8) is 0 Å². The van der Waals surface area contributed by atoms with Crippen LogP contribution in [-0.2, 0) is 4.74 Å². The zero-order chi connectivity index (χ0) is 14.8. The Labute approximate surface area is 131 Å². The predicted octanol–water partition coefficient (Wildman–Crippen LogP) is 2.27. The van der Waals surface area contributed by atoms with Gasteiger partial charge in [0.15, 0.2) is 0 Å². The maximum atomic E-state index is 6.46. The molecule has 0 bridgehead atoms. The Kier molecular flexibility index (Phi) is 4.69. The fourth-order valence-corrected chi connectivity index (χ4v) is 3.57. The van der Waals surface area contributed by atoms with Crippen molar-refractivity contribution >= 4 is 17.3 Å². The number of benzene rings is 1. The van der Waals surface area contributed by atoms with Gasteiger partial charge in [0.2, 0.25) is 0 Å². The van der Waals surface area contributed by atoms with Gasteiger partial charge in [0.05, 0.1) is 23.9 Å². The summed E-state index contributed by atoms with van der Waals surface area (Å²) in [5, 5.41) is 0.812. The molecule has 2 aliphatic rings. The molecule has 3 rings (SSSR count). The van der Waals surface area contributed by atoms with Gasteiger partial charge in [0.1, 0.15) is 0 Å². The maximum absolute atomic E-state index is 6.46. The highest BCUT2D eigenvalue weighted by molar-refractivity contribution is 6.33. The van der Waals surface area contributed by atoms with Crippen LogP contribution in [0.15, 0.2) is 18.2 Å². The van der Waals surface area contributed by atoms with Crippen LogP contribution in [0.25, 0.3) is 0 Å². The number of ether oxygens (including phenoxy) is 1. The molecule has 1 unspecified atom stereocenters. The van der Waals surface area contributed by atoms with E-state index < -0.39 is 0 Å². The molecule has 2 fully saturated rings. The van der Waals surface area contributed by atoms with E-state index in [0.29, 0.717) is 6.04 Å². The number of anilines is 1. The Hall–Kier alpha value is -0.810. The van der Waals surface area contributed by atoms with E-state index in [4.69, 9.17) is 22.1 Å². The Morgan fingerprint density at radius 3 is 2.71 bits per heavy atom. The largest absolute Gasteiger partial charge is 0.379 e. The lowest BCUT2D eigenvalue weighted by atomic mass is 10.1. The van der Waals surface area contributed by atoms with Crippen molar-refractivity contribution in [1.82, 2.24) is 4.90 Å². The van der Waals surface area contributed by atoms with Crippen molar-refractivity contribution in [2.45, 2.75) is 25.4 Å². The molecule has 0 aliphatic carbocycles. The Balaban J connectivity index is 1.68. The van der Waals surface area contributed by atoms with Crippen molar-refractivity contribution < 1.29 is 4.74 Å². The van der Waals surface area contributed by atoms with Gasteiger partial charge in [-0.25, -0.2) is 0 Å². The molecule has 1 aromatic carbocycles. The third kappa shape index (κ3) is 3.34. The van der Waals surface area contributed by atoms with Crippen LogP contribution >= 0.6 is 11.6 Å². The number of halogens is 1. The van der Waals surface area contributed by atoms with Crippen molar-refractivity contribution in [3.8, 4) is 0 Å². The van der Waals surface area contributed by atoms with Crippen molar-refractivity contribution in [2.75, 3.05) is 44.3 Å². The van der Waals surface area contributed by atoms with Gasteiger partial charge >= 0.3 is 0 Å². The Morgan fingerprint density at radius 1 is 1.29 bits per heavy atom. The zero-order valence-corrected chi connectivity index (χ0v) is 13.4. The number of nitrogens with two attached hydrogens (primary N) is 1. The first-order valence-corrected chi connectivity index (χ1v) is 8.14. The van der Waals surface area contributed by atoms with Gasteiger partial charge in [-0.3, -0.25) is 4.90 Å². The first kappa shape index (κ1) is 15.1. The molecular weight excluding hydrogens is 286 g/mol. The summed E-state index contributed by atoms with van der Waals surface area (Å²) in [5.74, 6) is 0. The second-order valence-corrected chi connectivity index (χ2v) is 6.44. The van der Waals surface area contributed by atoms with Crippen LogP contribution in [0.1, 0.15) is 24.9 Å². The van der Waals surface area contributed by atoms with Crippen LogP contribution in [0.5, 0.6) is 0 Å². The Morgan fingerprint density at radius 2 is 2.05 bits per heavy atom. The molecule has 2 atom stereocenters. The summed E-state index contributed by atoms with van der Waals surface area (Å²) in [7, 11) is 0. The number of nitrogens with zero attached hydrogens (tertiary/aromatic N) is 2. The lowest BCUT2D eigenvalue weighted by Crippen LogP contribution is -2.44. The molecule has 2 heterocycles. The zero-order valence-electron chi connectivity index (χ0n) is 12.6. The van der Waals surface area contributed by atoms with E-state index in [1.54, 1.807) is 0 Å². The van der Waals surface area contributed by atoms with Crippen LogP contribution in [0.2, 0.25) is 5.02 Å². The molecule has 116 valence electrons. The van der Waals surface area contributed by atoms with Gasteiger partial charge in [-0.15, -0.1) is 0 Å². The minimum Gasteiger partial charge on any atom is -0.379 e. The smallest absolute Gasteiger partial charge is 0.0642 e. The molecule has 2 saturated heterocycles. The first-order valence-electron chi connectivity index (χ1n) is 7.77. The minimum atomic E-state index is 0.0243. The van der Waals surface area contributed by atoms with Crippen molar-refractivity contribution in [3.05, 3.63) is 28.8 Å². The molecule has 4 nitrogen and oxygen atoms in total. The van der Waals surface area contributed by atoms with Crippen LogP contribution in [0.4, 0.5) is 5.69 Å². The maximum Gasteiger partial charge on any atom is 0.0642 e. The van der Waals surface area contributed by atoms with Crippen LogP contribution in [0, 0.1) is 0 Å². The summed E-state index contributed by atoms with van der Waals surface area (Å²) in [6, 6.07) is 6.86. The molecule has 0 radical (unpaired) electrons. The van der Waals surface area contributed by atoms with Gasteiger partial charge < -0.3 is 15.4 Å². The highest BCUT2D eigenvalue weighted by atomic mass is 35.5. The second-order valence-electron chi connectivity index (χ2n) is 6.04. The number of morpholine rings is 1. The average Bonchev–Trinajstić information content (AvgIpc) is 2.97. The van der Waals surface area contributed by atoms with E-state index in [2.05, 4.69) is 21.9 Å².